The number of aryl methyl sites for hydroxylation is 1. The molecule has 0 spiro atoms. The molecule has 4 rings (SSSR count). The van der Waals surface area contributed by atoms with Crippen LogP contribution in [0.2, 0.25) is 0 Å². The molecule has 1 aliphatic heterocycles. The van der Waals surface area contributed by atoms with E-state index in [1.54, 1.807) is 12.1 Å². The highest BCUT2D eigenvalue weighted by Gasteiger charge is 2.32. The summed E-state index contributed by atoms with van der Waals surface area (Å²) in [5.41, 5.74) is 4.11. The predicted molar refractivity (Wildman–Crippen MR) is 106 cm³/mol. The van der Waals surface area contributed by atoms with Gasteiger partial charge in [-0.1, -0.05) is 53.5 Å². The van der Waals surface area contributed by atoms with Crippen LogP contribution in [-0.4, -0.2) is 29.2 Å². The minimum Gasteiger partial charge on any atom is -0.390 e. The maximum atomic E-state index is 13.2. The van der Waals surface area contributed by atoms with Gasteiger partial charge in [0.25, 0.3) is 0 Å². The second-order valence-electron chi connectivity index (χ2n) is 7.81. The van der Waals surface area contributed by atoms with Crippen LogP contribution in [0.25, 0.3) is 0 Å². The minimum atomic E-state index is -0.268. The van der Waals surface area contributed by atoms with Crippen molar-refractivity contribution in [1.29, 1.82) is 0 Å². The fourth-order valence-electron chi connectivity index (χ4n) is 3.64. The van der Waals surface area contributed by atoms with E-state index in [1.807, 2.05) is 4.90 Å². The van der Waals surface area contributed by atoms with E-state index in [0.717, 1.165) is 36.1 Å². The number of carbonyl (C=O) groups excluding carboxylic acids is 1. The Morgan fingerprint density at radius 1 is 1.14 bits per heavy atom. The Balaban J connectivity index is 1.43. The summed E-state index contributed by atoms with van der Waals surface area (Å²) in [6.45, 7) is 3.01. The summed E-state index contributed by atoms with van der Waals surface area (Å²) in [5, 5.41) is 4.26. The molecule has 2 aromatic carbocycles. The number of hydrogen-bond donors (Lipinski definition) is 0. The first-order valence-corrected chi connectivity index (χ1v) is 9.91. The summed E-state index contributed by atoms with van der Waals surface area (Å²) in [5.74, 6) is 0.0122. The van der Waals surface area contributed by atoms with Crippen LogP contribution in [-0.2, 0) is 16.2 Å². The average molecular weight is 380 g/mol. The van der Waals surface area contributed by atoms with Crippen LogP contribution in [0.4, 0.5) is 4.39 Å². The summed E-state index contributed by atoms with van der Waals surface area (Å²) < 4.78 is 13.2. The smallest absolute Gasteiger partial charge is 0.226 e. The van der Waals surface area contributed by atoms with E-state index in [2.05, 4.69) is 36.3 Å². The van der Waals surface area contributed by atoms with Crippen LogP contribution in [0, 0.1) is 18.7 Å². The van der Waals surface area contributed by atoms with E-state index >= 15 is 0 Å². The van der Waals surface area contributed by atoms with Crippen molar-refractivity contribution in [1.82, 2.24) is 4.90 Å². The third kappa shape index (κ3) is 4.24. The van der Waals surface area contributed by atoms with Crippen LogP contribution in [0.1, 0.15) is 42.4 Å². The zero-order valence-corrected chi connectivity index (χ0v) is 16.1. The van der Waals surface area contributed by atoms with Crippen molar-refractivity contribution in [3.05, 3.63) is 71.0 Å². The van der Waals surface area contributed by atoms with Gasteiger partial charge in [0.1, 0.15) is 5.82 Å². The molecule has 0 aromatic heterocycles. The van der Waals surface area contributed by atoms with Crippen molar-refractivity contribution in [2.75, 3.05) is 6.54 Å². The molecule has 0 saturated heterocycles. The van der Waals surface area contributed by atoms with Gasteiger partial charge in [-0.15, -0.1) is 0 Å². The zero-order valence-electron chi connectivity index (χ0n) is 16.1. The highest BCUT2D eigenvalue weighted by molar-refractivity contribution is 6.01. The number of nitrogens with zero attached hydrogens (tertiary/aromatic N) is 2. The highest BCUT2D eigenvalue weighted by Crippen LogP contribution is 2.29. The van der Waals surface area contributed by atoms with Crippen molar-refractivity contribution < 1.29 is 14.0 Å². The zero-order chi connectivity index (χ0) is 19.5. The van der Waals surface area contributed by atoms with Gasteiger partial charge in [-0.3, -0.25) is 4.79 Å². The molecule has 0 radical (unpaired) electrons. The van der Waals surface area contributed by atoms with E-state index in [4.69, 9.17) is 4.84 Å². The van der Waals surface area contributed by atoms with Gasteiger partial charge in [-0.2, -0.15) is 0 Å². The number of oxime groups is 1. The Hall–Kier alpha value is -2.69. The number of rotatable bonds is 6. The van der Waals surface area contributed by atoms with Gasteiger partial charge >= 0.3 is 0 Å². The summed E-state index contributed by atoms with van der Waals surface area (Å²) in [7, 11) is 0. The lowest BCUT2D eigenvalue weighted by Gasteiger charge is -2.32. The maximum Gasteiger partial charge on any atom is 0.226 e. The second kappa shape index (κ2) is 8.13. The van der Waals surface area contributed by atoms with Gasteiger partial charge in [0, 0.05) is 18.9 Å². The van der Waals surface area contributed by atoms with Gasteiger partial charge in [0.15, 0.2) is 6.10 Å². The molecule has 1 fully saturated rings. The highest BCUT2D eigenvalue weighted by atomic mass is 19.1. The topological polar surface area (TPSA) is 41.9 Å². The Bertz CT molecular complexity index is 857. The largest absolute Gasteiger partial charge is 0.390 e. The normalized spacial score (nSPS) is 18.9. The Morgan fingerprint density at radius 2 is 1.86 bits per heavy atom. The van der Waals surface area contributed by atoms with Crippen LogP contribution in [0.3, 0.4) is 0 Å². The van der Waals surface area contributed by atoms with Crippen molar-refractivity contribution in [2.45, 2.75) is 45.3 Å². The summed E-state index contributed by atoms with van der Waals surface area (Å²) in [4.78, 5) is 20.4. The quantitative estimate of drug-likeness (QED) is 0.743. The molecule has 0 bridgehead atoms. The lowest BCUT2D eigenvalue weighted by atomic mass is 9.84. The summed E-state index contributed by atoms with van der Waals surface area (Å²) >= 11 is 0. The van der Waals surface area contributed by atoms with E-state index in [0.29, 0.717) is 19.5 Å². The maximum absolute atomic E-state index is 13.2. The first-order chi connectivity index (χ1) is 13.6. The lowest BCUT2D eigenvalue weighted by Crippen LogP contribution is -2.42. The number of hydrogen-bond acceptors (Lipinski definition) is 3. The third-order valence-corrected chi connectivity index (χ3v) is 5.59. The van der Waals surface area contributed by atoms with Gasteiger partial charge in [-0.05, 0) is 43.0 Å². The lowest BCUT2D eigenvalue weighted by molar-refractivity contribution is -0.140. The van der Waals surface area contributed by atoms with Crippen LogP contribution >= 0.6 is 0 Å². The monoisotopic (exact) mass is 380 g/mol. The van der Waals surface area contributed by atoms with Gasteiger partial charge in [0.2, 0.25) is 5.91 Å². The van der Waals surface area contributed by atoms with Crippen LogP contribution in [0.15, 0.2) is 53.7 Å². The number of amides is 1. The minimum absolute atomic E-state index is 0.110. The molecule has 2 aromatic rings. The van der Waals surface area contributed by atoms with E-state index < -0.39 is 0 Å². The molecule has 1 saturated carbocycles. The van der Waals surface area contributed by atoms with Crippen molar-refractivity contribution in [2.24, 2.45) is 11.1 Å². The molecule has 2 aliphatic rings. The van der Waals surface area contributed by atoms with Gasteiger partial charge in [-0.25, -0.2) is 4.39 Å². The standard InChI is InChI=1S/C23H25FN2O2/c1-16-5-9-18(10-6-16)22-13-21(28-25-22)15-26(23(27)19-3-2-4-19)14-17-7-11-20(24)12-8-17/h5-12,19,21H,2-4,13-15H2,1H3/t21-/m1/s1. The molecule has 0 N–H and O–H groups in total. The average Bonchev–Trinajstić information content (AvgIpc) is 3.10. The SMILES string of the molecule is Cc1ccc(C2=NO[C@@H](CN(Cc3ccc(F)cc3)C(=O)C3CCC3)C2)cc1. The van der Waals surface area contributed by atoms with E-state index in [1.165, 1.54) is 17.7 Å². The van der Waals surface area contributed by atoms with Crippen molar-refractivity contribution in [3.63, 3.8) is 0 Å². The van der Waals surface area contributed by atoms with Crippen LogP contribution in [0.5, 0.6) is 0 Å². The Kier molecular flexibility index (Phi) is 5.42. The molecule has 5 heteroatoms. The first-order valence-electron chi connectivity index (χ1n) is 9.91. The van der Waals surface area contributed by atoms with Crippen LogP contribution < -0.4 is 0 Å². The fraction of sp³-hybridized carbons (Fsp3) is 0.391. The molecule has 28 heavy (non-hydrogen) atoms. The molecule has 146 valence electrons. The molecule has 1 aliphatic carbocycles. The van der Waals surface area contributed by atoms with E-state index in [-0.39, 0.29) is 23.7 Å². The molecule has 1 heterocycles. The van der Waals surface area contributed by atoms with E-state index in [9.17, 15) is 9.18 Å². The molecular formula is C23H25FN2O2. The molecule has 0 unspecified atom stereocenters. The second-order valence-corrected chi connectivity index (χ2v) is 7.81. The Labute approximate surface area is 165 Å². The van der Waals surface area contributed by atoms with Gasteiger partial charge < -0.3 is 9.74 Å². The summed E-state index contributed by atoms with van der Waals surface area (Å²) in [6.07, 6.45) is 3.55. The number of halogens is 1. The fourth-order valence-corrected chi connectivity index (χ4v) is 3.64. The molecular weight excluding hydrogens is 355 g/mol. The number of benzene rings is 2. The Morgan fingerprint density at radius 3 is 2.50 bits per heavy atom. The predicted octanol–water partition coefficient (Wildman–Crippen LogP) is 4.46. The first kappa shape index (κ1) is 18.7. The molecule has 4 nitrogen and oxygen atoms in total. The number of carbonyl (C=O) groups is 1. The third-order valence-electron chi connectivity index (χ3n) is 5.59. The molecule has 1 atom stereocenters. The van der Waals surface area contributed by atoms with Gasteiger partial charge in [0.05, 0.1) is 12.3 Å². The molecule has 1 amide bonds. The summed E-state index contributed by atoms with van der Waals surface area (Å²) in [6, 6.07) is 14.6. The van der Waals surface area contributed by atoms with Crippen molar-refractivity contribution in [3.8, 4) is 0 Å². The van der Waals surface area contributed by atoms with Crippen molar-refractivity contribution >= 4 is 11.6 Å².